The smallest absolute Gasteiger partial charge is 0.340 e. The van der Waals surface area contributed by atoms with E-state index in [1.807, 2.05) is 11.4 Å². The number of aromatic hydroxyl groups is 1. The number of aromatic carboxylic acids is 1. The van der Waals surface area contributed by atoms with Crippen LogP contribution in [0.4, 0.5) is 0 Å². The number of pyridine rings is 1. The molecule has 2 N–H and O–H groups in total. The first-order valence-corrected chi connectivity index (χ1v) is 5.02. The van der Waals surface area contributed by atoms with E-state index in [2.05, 4.69) is 4.98 Å². The predicted molar refractivity (Wildman–Crippen MR) is 56.2 cm³/mol. The van der Waals surface area contributed by atoms with E-state index >= 15 is 0 Å². The SMILES string of the molecule is O=C(O)c1c(O)cncc1-c1cccs1. The summed E-state index contributed by atoms with van der Waals surface area (Å²) in [5, 5.41) is 20.2. The fraction of sp³-hybridized carbons (Fsp3) is 0. The molecule has 0 aliphatic heterocycles. The van der Waals surface area contributed by atoms with Gasteiger partial charge in [-0.05, 0) is 11.4 Å². The fourth-order valence-corrected chi connectivity index (χ4v) is 2.04. The van der Waals surface area contributed by atoms with Gasteiger partial charge in [-0.25, -0.2) is 4.79 Å². The molecule has 0 fully saturated rings. The number of carboxylic acid groups (broad SMARTS) is 1. The molecule has 0 aliphatic carbocycles. The molecule has 0 unspecified atom stereocenters. The minimum atomic E-state index is -1.15. The lowest BCUT2D eigenvalue weighted by Gasteiger charge is -2.04. The van der Waals surface area contributed by atoms with Crippen molar-refractivity contribution in [1.29, 1.82) is 0 Å². The minimum Gasteiger partial charge on any atom is -0.505 e. The summed E-state index contributed by atoms with van der Waals surface area (Å²) in [5.41, 5.74) is 0.338. The van der Waals surface area contributed by atoms with Gasteiger partial charge in [0.1, 0.15) is 11.3 Å². The van der Waals surface area contributed by atoms with Crippen LogP contribution in [0.15, 0.2) is 29.9 Å². The van der Waals surface area contributed by atoms with Crippen LogP contribution in [0.3, 0.4) is 0 Å². The third kappa shape index (κ3) is 1.69. The Balaban J connectivity index is 2.66. The van der Waals surface area contributed by atoms with Crippen molar-refractivity contribution in [3.8, 4) is 16.2 Å². The number of carboxylic acids is 1. The molecule has 5 heteroatoms. The van der Waals surface area contributed by atoms with Crippen molar-refractivity contribution in [2.45, 2.75) is 0 Å². The molecule has 0 saturated carbocycles. The maximum absolute atomic E-state index is 11.0. The van der Waals surface area contributed by atoms with Gasteiger partial charge in [0.05, 0.1) is 6.20 Å². The summed E-state index contributed by atoms with van der Waals surface area (Å²) < 4.78 is 0. The quantitative estimate of drug-likeness (QED) is 0.815. The lowest BCUT2D eigenvalue weighted by Crippen LogP contribution is -2.00. The molecular formula is C10H7NO3S. The Kier molecular flexibility index (Phi) is 2.39. The van der Waals surface area contributed by atoms with Crippen molar-refractivity contribution in [2.24, 2.45) is 0 Å². The van der Waals surface area contributed by atoms with Crippen LogP contribution in [-0.2, 0) is 0 Å². The molecule has 0 atom stereocenters. The van der Waals surface area contributed by atoms with Gasteiger partial charge < -0.3 is 10.2 Å². The van der Waals surface area contributed by atoms with Gasteiger partial charge in [0.15, 0.2) is 0 Å². The van der Waals surface area contributed by atoms with E-state index in [1.54, 1.807) is 6.07 Å². The van der Waals surface area contributed by atoms with Gasteiger partial charge in [0, 0.05) is 16.6 Å². The number of carbonyl (C=O) groups is 1. The predicted octanol–water partition coefficient (Wildman–Crippen LogP) is 2.21. The van der Waals surface area contributed by atoms with Crippen LogP contribution < -0.4 is 0 Å². The highest BCUT2D eigenvalue weighted by molar-refractivity contribution is 7.13. The molecule has 0 spiro atoms. The summed E-state index contributed by atoms with van der Waals surface area (Å²) in [7, 11) is 0. The van der Waals surface area contributed by atoms with Crippen LogP contribution in [0.5, 0.6) is 5.75 Å². The van der Waals surface area contributed by atoms with Crippen molar-refractivity contribution in [3.63, 3.8) is 0 Å². The van der Waals surface area contributed by atoms with Crippen molar-refractivity contribution < 1.29 is 15.0 Å². The van der Waals surface area contributed by atoms with E-state index in [-0.39, 0.29) is 11.3 Å². The van der Waals surface area contributed by atoms with Crippen LogP contribution in [-0.4, -0.2) is 21.2 Å². The van der Waals surface area contributed by atoms with E-state index in [0.717, 1.165) is 11.1 Å². The Morgan fingerprint density at radius 3 is 2.80 bits per heavy atom. The van der Waals surface area contributed by atoms with Crippen LogP contribution in [0.1, 0.15) is 10.4 Å². The first kappa shape index (κ1) is 9.67. The zero-order chi connectivity index (χ0) is 10.8. The molecule has 76 valence electrons. The standard InChI is InChI=1S/C10H7NO3S/c12-7-5-11-4-6(9(7)10(13)14)8-2-1-3-15-8/h1-5,12H,(H,13,14). The monoisotopic (exact) mass is 221 g/mol. The lowest BCUT2D eigenvalue weighted by atomic mass is 10.1. The summed E-state index contributed by atoms with van der Waals surface area (Å²) in [5.74, 6) is -1.47. The van der Waals surface area contributed by atoms with Gasteiger partial charge in [0.25, 0.3) is 0 Å². The second-order valence-corrected chi connectivity index (χ2v) is 3.81. The zero-order valence-electron chi connectivity index (χ0n) is 7.54. The Hall–Kier alpha value is -1.88. The lowest BCUT2D eigenvalue weighted by molar-refractivity contribution is 0.0694. The van der Waals surface area contributed by atoms with Crippen LogP contribution in [0.2, 0.25) is 0 Å². The second-order valence-electron chi connectivity index (χ2n) is 2.86. The van der Waals surface area contributed by atoms with Gasteiger partial charge in [-0.3, -0.25) is 4.98 Å². The third-order valence-electron chi connectivity index (χ3n) is 1.93. The van der Waals surface area contributed by atoms with Crippen LogP contribution in [0, 0.1) is 0 Å². The first-order valence-electron chi connectivity index (χ1n) is 4.14. The molecule has 0 aromatic carbocycles. The van der Waals surface area contributed by atoms with Crippen LogP contribution in [0.25, 0.3) is 10.4 Å². The second kappa shape index (κ2) is 3.70. The first-order chi connectivity index (χ1) is 7.20. The Labute approximate surface area is 89.5 Å². The largest absolute Gasteiger partial charge is 0.505 e. The molecule has 2 aromatic heterocycles. The van der Waals surface area contributed by atoms with Gasteiger partial charge in [-0.1, -0.05) is 6.07 Å². The van der Waals surface area contributed by atoms with Gasteiger partial charge in [-0.2, -0.15) is 0 Å². The maximum Gasteiger partial charge on any atom is 0.340 e. The number of thiophene rings is 1. The maximum atomic E-state index is 11.0. The normalized spacial score (nSPS) is 10.1. The van der Waals surface area contributed by atoms with Gasteiger partial charge >= 0.3 is 5.97 Å². The molecular weight excluding hydrogens is 214 g/mol. The molecule has 2 heterocycles. The topological polar surface area (TPSA) is 70.4 Å². The van der Waals surface area contributed by atoms with Gasteiger partial charge in [-0.15, -0.1) is 11.3 Å². The van der Waals surface area contributed by atoms with E-state index in [4.69, 9.17) is 5.11 Å². The summed E-state index contributed by atoms with van der Waals surface area (Å²) in [4.78, 5) is 15.5. The highest BCUT2D eigenvalue weighted by atomic mass is 32.1. The summed E-state index contributed by atoms with van der Waals surface area (Å²) in [6.07, 6.45) is 2.57. The molecule has 0 aliphatic rings. The minimum absolute atomic E-state index is 0.104. The average Bonchev–Trinajstić information content (AvgIpc) is 2.69. The molecule has 2 rings (SSSR count). The Morgan fingerprint density at radius 1 is 1.40 bits per heavy atom. The average molecular weight is 221 g/mol. The molecule has 2 aromatic rings. The summed E-state index contributed by atoms with van der Waals surface area (Å²) in [6.45, 7) is 0. The molecule has 0 saturated heterocycles. The summed E-state index contributed by atoms with van der Waals surface area (Å²) in [6, 6.07) is 3.60. The highest BCUT2D eigenvalue weighted by Crippen LogP contribution is 2.31. The zero-order valence-corrected chi connectivity index (χ0v) is 8.36. The van der Waals surface area contributed by atoms with Gasteiger partial charge in [0.2, 0.25) is 0 Å². The third-order valence-corrected chi connectivity index (χ3v) is 2.83. The molecule has 0 bridgehead atoms. The Morgan fingerprint density at radius 2 is 2.20 bits per heavy atom. The van der Waals surface area contributed by atoms with E-state index < -0.39 is 5.97 Å². The summed E-state index contributed by atoms with van der Waals surface area (Å²) >= 11 is 1.40. The molecule has 4 nitrogen and oxygen atoms in total. The molecule has 0 radical (unpaired) electrons. The fourth-order valence-electron chi connectivity index (χ4n) is 1.29. The van der Waals surface area contributed by atoms with E-state index in [9.17, 15) is 9.90 Å². The number of aromatic nitrogens is 1. The number of hydrogen-bond acceptors (Lipinski definition) is 4. The number of nitrogens with zero attached hydrogens (tertiary/aromatic N) is 1. The van der Waals surface area contributed by atoms with Crippen molar-refractivity contribution in [2.75, 3.05) is 0 Å². The van der Waals surface area contributed by atoms with E-state index in [0.29, 0.717) is 5.56 Å². The molecule has 15 heavy (non-hydrogen) atoms. The Bertz CT molecular complexity index is 493. The van der Waals surface area contributed by atoms with Crippen LogP contribution >= 0.6 is 11.3 Å². The number of hydrogen-bond donors (Lipinski definition) is 2. The van der Waals surface area contributed by atoms with Crippen molar-refractivity contribution in [3.05, 3.63) is 35.5 Å². The van der Waals surface area contributed by atoms with Crippen molar-refractivity contribution in [1.82, 2.24) is 4.98 Å². The van der Waals surface area contributed by atoms with Crippen molar-refractivity contribution >= 4 is 17.3 Å². The molecule has 0 amide bonds. The number of rotatable bonds is 2. The van der Waals surface area contributed by atoms with E-state index in [1.165, 1.54) is 17.5 Å². The highest BCUT2D eigenvalue weighted by Gasteiger charge is 2.17.